The Bertz CT molecular complexity index is 965. The van der Waals surface area contributed by atoms with Gasteiger partial charge in [-0.15, -0.1) is 0 Å². The Morgan fingerprint density at radius 3 is 2.62 bits per heavy atom. The molecule has 0 atom stereocenters. The molecule has 1 aromatic carbocycles. The van der Waals surface area contributed by atoms with E-state index in [0.29, 0.717) is 56.0 Å². The minimum Gasteiger partial charge on any atom is -0.491 e. The van der Waals surface area contributed by atoms with Crippen LogP contribution in [-0.2, 0) is 16.1 Å². The van der Waals surface area contributed by atoms with Crippen LogP contribution in [0.5, 0.6) is 5.75 Å². The molecule has 0 radical (unpaired) electrons. The molecule has 0 bridgehead atoms. The van der Waals surface area contributed by atoms with E-state index in [1.54, 1.807) is 4.90 Å². The first kappa shape index (κ1) is 30.8. The highest BCUT2D eigenvalue weighted by molar-refractivity contribution is 5.89. The lowest BCUT2D eigenvalue weighted by Gasteiger charge is -2.34. The van der Waals surface area contributed by atoms with Gasteiger partial charge in [0.25, 0.3) is 0 Å². The number of hydrogen-bond acceptors (Lipinski definition) is 6. The van der Waals surface area contributed by atoms with Crippen LogP contribution in [-0.4, -0.2) is 59.9 Å². The van der Waals surface area contributed by atoms with E-state index in [0.717, 1.165) is 31.4 Å². The molecule has 1 aromatic rings. The molecule has 1 fully saturated rings. The quantitative estimate of drug-likeness (QED) is 0.303. The second-order valence-electron chi connectivity index (χ2n) is 12.3. The standard InChI is InChI=1S/C31H51N5O3/c1-5-6-7-11-19-36(25-15-9-8-10-16-25)28(38)18-13-20-39-26-17-12-14-24-21-35(30(32)34-29(24)26)22-27(37)33-23-31(2,3)4/h12,14,17,25H,5-11,13,15-16,18-23H2,1-4H3,(H2,32,34)(H,33,37). The molecule has 1 aliphatic heterocycles. The molecule has 0 spiro atoms. The van der Waals surface area contributed by atoms with Gasteiger partial charge in [0, 0.05) is 37.7 Å². The molecule has 1 saturated carbocycles. The Morgan fingerprint density at radius 2 is 1.90 bits per heavy atom. The van der Waals surface area contributed by atoms with E-state index < -0.39 is 0 Å². The number of nitrogens with one attached hydrogen (secondary N) is 1. The van der Waals surface area contributed by atoms with Gasteiger partial charge in [-0.1, -0.05) is 78.4 Å². The molecule has 0 unspecified atom stereocenters. The van der Waals surface area contributed by atoms with Gasteiger partial charge in [-0.05, 0) is 37.2 Å². The monoisotopic (exact) mass is 541 g/mol. The zero-order valence-corrected chi connectivity index (χ0v) is 24.8. The van der Waals surface area contributed by atoms with Crippen LogP contribution in [0.2, 0.25) is 0 Å². The SMILES string of the molecule is CCCCCCN(C(=O)CCCOc1cccc2c1N=C(N)N(CC(=O)NCC(C)(C)C)C2)C1CCCCC1. The summed E-state index contributed by atoms with van der Waals surface area (Å²) in [5, 5.41) is 2.97. The molecule has 218 valence electrons. The Balaban J connectivity index is 1.51. The fourth-order valence-electron chi connectivity index (χ4n) is 5.30. The maximum Gasteiger partial charge on any atom is 0.239 e. The van der Waals surface area contributed by atoms with Gasteiger partial charge in [0.15, 0.2) is 5.96 Å². The van der Waals surface area contributed by atoms with E-state index in [1.165, 1.54) is 38.5 Å². The first-order valence-corrected chi connectivity index (χ1v) is 15.1. The third-order valence-corrected chi connectivity index (χ3v) is 7.53. The number of nitrogens with two attached hydrogens (primary N) is 1. The van der Waals surface area contributed by atoms with Gasteiger partial charge < -0.3 is 25.6 Å². The number of carbonyl (C=O) groups is 2. The second kappa shape index (κ2) is 15.1. The highest BCUT2D eigenvalue weighted by Crippen LogP contribution is 2.35. The minimum absolute atomic E-state index is 0.0173. The molecule has 3 N–H and O–H groups in total. The lowest BCUT2D eigenvalue weighted by molar-refractivity contribution is -0.134. The largest absolute Gasteiger partial charge is 0.491 e. The summed E-state index contributed by atoms with van der Waals surface area (Å²) in [6, 6.07) is 6.23. The van der Waals surface area contributed by atoms with Gasteiger partial charge in [0.2, 0.25) is 11.8 Å². The summed E-state index contributed by atoms with van der Waals surface area (Å²) in [5.74, 6) is 1.17. The molecule has 8 heteroatoms. The van der Waals surface area contributed by atoms with Crippen molar-refractivity contribution in [3.05, 3.63) is 23.8 Å². The number of nitrogens with zero attached hydrogens (tertiary/aromatic N) is 3. The van der Waals surface area contributed by atoms with E-state index in [9.17, 15) is 9.59 Å². The summed E-state index contributed by atoms with van der Waals surface area (Å²) in [6.45, 7) is 11.1. The number of rotatable bonds is 14. The number of unbranched alkanes of at least 4 members (excludes halogenated alkanes) is 3. The fraction of sp³-hybridized carbons (Fsp3) is 0.710. The number of fused-ring (bicyclic) bond motifs is 1. The Morgan fingerprint density at radius 1 is 1.13 bits per heavy atom. The number of carbonyl (C=O) groups excluding carboxylic acids is 2. The predicted octanol–water partition coefficient (Wildman–Crippen LogP) is 5.51. The van der Waals surface area contributed by atoms with Crippen molar-refractivity contribution in [3.8, 4) is 5.75 Å². The molecule has 1 aliphatic carbocycles. The predicted molar refractivity (Wildman–Crippen MR) is 158 cm³/mol. The molecule has 1 heterocycles. The molecule has 0 saturated heterocycles. The highest BCUT2D eigenvalue weighted by Gasteiger charge is 2.25. The molecule has 39 heavy (non-hydrogen) atoms. The van der Waals surface area contributed by atoms with E-state index in [4.69, 9.17) is 10.5 Å². The van der Waals surface area contributed by atoms with Crippen molar-refractivity contribution >= 4 is 23.5 Å². The Kier molecular flexibility index (Phi) is 11.9. The molecular formula is C31H51N5O3. The van der Waals surface area contributed by atoms with Gasteiger partial charge in [0.1, 0.15) is 11.4 Å². The van der Waals surface area contributed by atoms with E-state index in [2.05, 4.69) is 42.9 Å². The lowest BCUT2D eigenvalue weighted by atomic mass is 9.93. The Labute approximate surface area is 235 Å². The molecule has 0 aromatic heterocycles. The average molecular weight is 542 g/mol. The summed E-state index contributed by atoms with van der Waals surface area (Å²) in [6.07, 6.45) is 11.9. The minimum atomic E-state index is -0.0729. The van der Waals surface area contributed by atoms with Crippen LogP contribution in [0.3, 0.4) is 0 Å². The summed E-state index contributed by atoms with van der Waals surface area (Å²) < 4.78 is 6.10. The van der Waals surface area contributed by atoms with Crippen LogP contribution in [0.4, 0.5) is 5.69 Å². The van der Waals surface area contributed by atoms with E-state index in [1.807, 2.05) is 18.2 Å². The number of benzene rings is 1. The second-order valence-corrected chi connectivity index (χ2v) is 12.3. The van der Waals surface area contributed by atoms with Crippen molar-refractivity contribution in [2.75, 3.05) is 26.2 Å². The number of hydrogen-bond donors (Lipinski definition) is 2. The van der Waals surface area contributed by atoms with Crippen molar-refractivity contribution in [1.29, 1.82) is 0 Å². The highest BCUT2D eigenvalue weighted by atomic mass is 16.5. The van der Waals surface area contributed by atoms with Gasteiger partial charge in [0.05, 0.1) is 13.2 Å². The van der Waals surface area contributed by atoms with Crippen LogP contribution in [0.15, 0.2) is 23.2 Å². The maximum absolute atomic E-state index is 13.2. The van der Waals surface area contributed by atoms with Crippen molar-refractivity contribution in [3.63, 3.8) is 0 Å². The fourth-order valence-corrected chi connectivity index (χ4v) is 5.30. The molecule has 2 amide bonds. The van der Waals surface area contributed by atoms with Crippen LogP contribution >= 0.6 is 0 Å². The van der Waals surface area contributed by atoms with Crippen molar-refractivity contribution in [1.82, 2.24) is 15.1 Å². The van der Waals surface area contributed by atoms with E-state index >= 15 is 0 Å². The zero-order valence-electron chi connectivity index (χ0n) is 24.8. The number of ether oxygens (including phenoxy) is 1. The summed E-state index contributed by atoms with van der Waals surface area (Å²) in [5.41, 5.74) is 7.94. The zero-order chi connectivity index (χ0) is 28.3. The van der Waals surface area contributed by atoms with Gasteiger partial charge >= 0.3 is 0 Å². The third-order valence-electron chi connectivity index (χ3n) is 7.53. The van der Waals surface area contributed by atoms with Gasteiger partial charge in [-0.25, -0.2) is 4.99 Å². The smallest absolute Gasteiger partial charge is 0.239 e. The first-order chi connectivity index (χ1) is 18.7. The van der Waals surface area contributed by atoms with Crippen molar-refractivity contribution in [2.24, 2.45) is 16.1 Å². The number of guanidine groups is 1. The summed E-state index contributed by atoms with van der Waals surface area (Å²) >= 11 is 0. The van der Waals surface area contributed by atoms with Crippen LogP contribution in [0.25, 0.3) is 0 Å². The Hall–Kier alpha value is -2.77. The van der Waals surface area contributed by atoms with Gasteiger partial charge in [-0.2, -0.15) is 0 Å². The van der Waals surface area contributed by atoms with E-state index in [-0.39, 0.29) is 23.8 Å². The molecule has 8 nitrogen and oxygen atoms in total. The summed E-state index contributed by atoms with van der Waals surface area (Å²) in [4.78, 5) is 34.2. The maximum atomic E-state index is 13.2. The topological polar surface area (TPSA) is 100 Å². The lowest BCUT2D eigenvalue weighted by Crippen LogP contribution is -2.46. The van der Waals surface area contributed by atoms with Gasteiger partial charge in [-0.3, -0.25) is 9.59 Å². The number of amides is 2. The molecule has 3 rings (SSSR count). The number of para-hydroxylation sites is 1. The molecule has 2 aliphatic rings. The number of aliphatic imine (C=N–C) groups is 1. The van der Waals surface area contributed by atoms with Crippen molar-refractivity contribution < 1.29 is 14.3 Å². The van der Waals surface area contributed by atoms with Crippen molar-refractivity contribution in [2.45, 2.75) is 111 Å². The summed E-state index contributed by atoms with van der Waals surface area (Å²) in [7, 11) is 0. The average Bonchev–Trinajstić information content (AvgIpc) is 2.90. The van der Waals surface area contributed by atoms with Crippen LogP contribution in [0.1, 0.15) is 104 Å². The molecular weight excluding hydrogens is 490 g/mol. The first-order valence-electron chi connectivity index (χ1n) is 15.1. The van der Waals surface area contributed by atoms with Crippen LogP contribution < -0.4 is 15.8 Å². The van der Waals surface area contributed by atoms with Crippen LogP contribution in [0, 0.1) is 5.41 Å². The normalized spacial score (nSPS) is 15.9. The third kappa shape index (κ3) is 10.0.